The van der Waals surface area contributed by atoms with Gasteiger partial charge < -0.3 is 5.32 Å². The van der Waals surface area contributed by atoms with Gasteiger partial charge in [-0.25, -0.2) is 8.42 Å². The van der Waals surface area contributed by atoms with Crippen LogP contribution in [0.3, 0.4) is 0 Å². The van der Waals surface area contributed by atoms with Gasteiger partial charge in [0.15, 0.2) is 0 Å². The SMILES string of the molecule is CC1NCCN(S(=O)(=O)c2cc(Br)cc(C#N)c2)C1C. The van der Waals surface area contributed by atoms with Crippen molar-refractivity contribution in [2.45, 2.75) is 30.8 Å². The molecular formula is C13H16BrN3O2S. The zero-order chi connectivity index (χ0) is 14.9. The Labute approximate surface area is 127 Å². The first-order valence-corrected chi connectivity index (χ1v) is 8.55. The minimum absolute atomic E-state index is 0.0983. The molecule has 1 aromatic carbocycles. The van der Waals surface area contributed by atoms with Gasteiger partial charge in [0.2, 0.25) is 10.0 Å². The number of hydrogen-bond donors (Lipinski definition) is 1. The smallest absolute Gasteiger partial charge is 0.243 e. The van der Waals surface area contributed by atoms with Gasteiger partial charge in [-0.05, 0) is 32.0 Å². The monoisotopic (exact) mass is 357 g/mol. The predicted molar refractivity (Wildman–Crippen MR) is 79.7 cm³/mol. The fraction of sp³-hybridized carbons (Fsp3) is 0.462. The van der Waals surface area contributed by atoms with E-state index >= 15 is 0 Å². The molecule has 1 saturated heterocycles. The molecule has 1 heterocycles. The number of nitrogens with zero attached hydrogens (tertiary/aromatic N) is 2. The van der Waals surface area contributed by atoms with E-state index < -0.39 is 10.0 Å². The molecule has 2 rings (SSSR count). The molecule has 0 radical (unpaired) electrons. The highest BCUT2D eigenvalue weighted by molar-refractivity contribution is 9.10. The summed E-state index contributed by atoms with van der Waals surface area (Å²) >= 11 is 3.25. The Kier molecular flexibility index (Phi) is 4.49. The van der Waals surface area contributed by atoms with Gasteiger partial charge in [0.1, 0.15) is 0 Å². The van der Waals surface area contributed by atoms with Crippen LogP contribution in [0.25, 0.3) is 0 Å². The second-order valence-corrected chi connectivity index (χ2v) is 7.69. The lowest BCUT2D eigenvalue weighted by Crippen LogP contribution is -2.57. The van der Waals surface area contributed by atoms with Crippen LogP contribution in [0.1, 0.15) is 19.4 Å². The van der Waals surface area contributed by atoms with Gasteiger partial charge in [-0.1, -0.05) is 15.9 Å². The molecule has 108 valence electrons. The maximum Gasteiger partial charge on any atom is 0.243 e. The van der Waals surface area contributed by atoms with Gasteiger partial charge >= 0.3 is 0 Å². The van der Waals surface area contributed by atoms with Crippen LogP contribution in [0.15, 0.2) is 27.6 Å². The van der Waals surface area contributed by atoms with Crippen molar-refractivity contribution in [3.8, 4) is 6.07 Å². The molecule has 5 nitrogen and oxygen atoms in total. The van der Waals surface area contributed by atoms with Crippen molar-refractivity contribution in [2.24, 2.45) is 0 Å². The average Bonchev–Trinajstić information content (AvgIpc) is 2.40. The quantitative estimate of drug-likeness (QED) is 0.873. The number of halogens is 1. The van der Waals surface area contributed by atoms with Gasteiger partial charge in [-0.3, -0.25) is 0 Å². The molecule has 1 aliphatic rings. The predicted octanol–water partition coefficient (Wildman–Crippen LogP) is 1.69. The first-order chi connectivity index (χ1) is 9.36. The molecule has 1 N–H and O–H groups in total. The van der Waals surface area contributed by atoms with Crippen LogP contribution in [0.2, 0.25) is 0 Å². The molecule has 0 aliphatic carbocycles. The van der Waals surface area contributed by atoms with Gasteiger partial charge in [0.05, 0.1) is 16.5 Å². The molecule has 2 unspecified atom stereocenters. The van der Waals surface area contributed by atoms with Crippen molar-refractivity contribution in [1.29, 1.82) is 5.26 Å². The van der Waals surface area contributed by atoms with Gasteiger partial charge in [0.25, 0.3) is 0 Å². The van der Waals surface area contributed by atoms with Crippen LogP contribution in [0.5, 0.6) is 0 Å². The second kappa shape index (κ2) is 5.82. The Hall–Kier alpha value is -0.940. The fourth-order valence-corrected chi connectivity index (χ4v) is 4.70. The largest absolute Gasteiger partial charge is 0.311 e. The summed E-state index contributed by atoms with van der Waals surface area (Å²) < 4.78 is 27.5. The molecular weight excluding hydrogens is 342 g/mol. The van der Waals surface area contributed by atoms with E-state index in [1.165, 1.54) is 16.4 Å². The minimum Gasteiger partial charge on any atom is -0.311 e. The number of sulfonamides is 1. The van der Waals surface area contributed by atoms with E-state index in [1.54, 1.807) is 6.07 Å². The van der Waals surface area contributed by atoms with E-state index in [2.05, 4.69) is 21.2 Å². The molecule has 1 aromatic rings. The maximum atomic E-state index is 12.7. The summed E-state index contributed by atoms with van der Waals surface area (Å²) in [7, 11) is -3.59. The number of hydrogen-bond acceptors (Lipinski definition) is 4. The van der Waals surface area contributed by atoms with Crippen molar-refractivity contribution < 1.29 is 8.42 Å². The van der Waals surface area contributed by atoms with Crippen molar-refractivity contribution in [3.05, 3.63) is 28.2 Å². The Bertz CT molecular complexity index is 654. The third-order valence-corrected chi connectivity index (χ3v) is 6.01. The Balaban J connectivity index is 2.45. The highest BCUT2D eigenvalue weighted by Crippen LogP contribution is 2.25. The van der Waals surface area contributed by atoms with E-state index in [-0.39, 0.29) is 17.0 Å². The lowest BCUT2D eigenvalue weighted by molar-refractivity contribution is 0.233. The molecule has 0 spiro atoms. The number of benzene rings is 1. The molecule has 0 aromatic heterocycles. The first kappa shape index (κ1) is 15.4. The van der Waals surface area contributed by atoms with E-state index in [0.717, 1.165) is 0 Å². The van der Waals surface area contributed by atoms with Crippen LogP contribution in [-0.4, -0.2) is 37.9 Å². The average molecular weight is 358 g/mol. The lowest BCUT2D eigenvalue weighted by Gasteiger charge is -2.37. The zero-order valence-electron chi connectivity index (χ0n) is 11.3. The molecule has 1 fully saturated rings. The third kappa shape index (κ3) is 2.88. The molecule has 0 bridgehead atoms. The minimum atomic E-state index is -3.59. The van der Waals surface area contributed by atoms with Crippen LogP contribution < -0.4 is 5.32 Å². The molecule has 7 heteroatoms. The first-order valence-electron chi connectivity index (χ1n) is 6.32. The van der Waals surface area contributed by atoms with Crippen LogP contribution in [0, 0.1) is 11.3 Å². The van der Waals surface area contributed by atoms with Crippen LogP contribution >= 0.6 is 15.9 Å². The highest BCUT2D eigenvalue weighted by atomic mass is 79.9. The lowest BCUT2D eigenvalue weighted by atomic mass is 10.1. The van der Waals surface area contributed by atoms with Crippen LogP contribution in [0.4, 0.5) is 0 Å². The molecule has 1 aliphatic heterocycles. The summed E-state index contributed by atoms with van der Waals surface area (Å²) in [5, 5.41) is 12.2. The Morgan fingerprint density at radius 3 is 2.75 bits per heavy atom. The molecule has 2 atom stereocenters. The topological polar surface area (TPSA) is 73.2 Å². The number of nitrogens with one attached hydrogen (secondary N) is 1. The third-order valence-electron chi connectivity index (χ3n) is 3.58. The number of piperazine rings is 1. The van der Waals surface area contributed by atoms with Crippen molar-refractivity contribution in [3.63, 3.8) is 0 Å². The Morgan fingerprint density at radius 2 is 2.10 bits per heavy atom. The molecule has 0 amide bonds. The summed E-state index contributed by atoms with van der Waals surface area (Å²) in [6.45, 7) is 4.91. The highest BCUT2D eigenvalue weighted by Gasteiger charge is 2.34. The molecule has 0 saturated carbocycles. The Morgan fingerprint density at radius 1 is 1.40 bits per heavy atom. The standard InChI is InChI=1S/C13H16BrN3O2S/c1-9-10(2)17(4-3-16-9)20(18,19)13-6-11(8-15)5-12(14)7-13/h5-7,9-10,16H,3-4H2,1-2H3. The summed E-state index contributed by atoms with van der Waals surface area (Å²) in [6, 6.07) is 6.50. The van der Waals surface area contributed by atoms with Gasteiger partial charge in [-0.2, -0.15) is 9.57 Å². The van der Waals surface area contributed by atoms with Gasteiger partial charge in [-0.15, -0.1) is 0 Å². The number of rotatable bonds is 2. The van der Waals surface area contributed by atoms with Crippen molar-refractivity contribution >= 4 is 26.0 Å². The van der Waals surface area contributed by atoms with Crippen molar-refractivity contribution in [1.82, 2.24) is 9.62 Å². The van der Waals surface area contributed by atoms with Gasteiger partial charge in [0, 0.05) is 29.6 Å². The summed E-state index contributed by atoms with van der Waals surface area (Å²) in [5.74, 6) is 0. The van der Waals surface area contributed by atoms with E-state index in [4.69, 9.17) is 5.26 Å². The molecule has 20 heavy (non-hydrogen) atoms. The van der Waals surface area contributed by atoms with E-state index in [9.17, 15) is 8.42 Å². The van der Waals surface area contributed by atoms with E-state index in [1.807, 2.05) is 19.9 Å². The van der Waals surface area contributed by atoms with E-state index in [0.29, 0.717) is 23.1 Å². The summed E-state index contributed by atoms with van der Waals surface area (Å²) in [4.78, 5) is 0.157. The van der Waals surface area contributed by atoms with Crippen molar-refractivity contribution in [2.75, 3.05) is 13.1 Å². The fourth-order valence-electron chi connectivity index (χ4n) is 2.28. The zero-order valence-corrected chi connectivity index (χ0v) is 13.7. The number of nitriles is 1. The normalized spacial score (nSPS) is 24.3. The summed E-state index contributed by atoms with van der Waals surface area (Å²) in [6.07, 6.45) is 0. The summed E-state index contributed by atoms with van der Waals surface area (Å²) in [5.41, 5.74) is 0.328. The van der Waals surface area contributed by atoms with Crippen LogP contribution in [-0.2, 0) is 10.0 Å². The maximum absolute atomic E-state index is 12.7. The second-order valence-electron chi connectivity index (χ2n) is 4.89.